The summed E-state index contributed by atoms with van der Waals surface area (Å²) in [6, 6.07) is 7.59. The minimum Gasteiger partial charge on any atom is -0.326 e. The number of nitriles is 1. The van der Waals surface area contributed by atoms with Crippen molar-refractivity contribution in [3.63, 3.8) is 0 Å². The summed E-state index contributed by atoms with van der Waals surface area (Å²) in [5.74, 6) is 0.142. The number of rotatable bonds is 2. The predicted octanol–water partition coefficient (Wildman–Crippen LogP) is 1.36. The highest BCUT2D eigenvalue weighted by molar-refractivity contribution is 9.10. The Bertz CT molecular complexity index is 555. The molecule has 0 bridgehead atoms. The quantitative estimate of drug-likeness (QED) is 0.899. The van der Waals surface area contributed by atoms with Crippen molar-refractivity contribution in [1.82, 2.24) is 14.8 Å². The van der Waals surface area contributed by atoms with Gasteiger partial charge in [0.15, 0.2) is 0 Å². The molecule has 1 aromatic carbocycles. The lowest BCUT2D eigenvalue weighted by Crippen LogP contribution is -2.05. The van der Waals surface area contributed by atoms with Crippen LogP contribution in [-0.2, 0) is 6.54 Å². The molecule has 6 heteroatoms. The van der Waals surface area contributed by atoms with Crippen LogP contribution < -0.4 is 5.73 Å². The Morgan fingerprint density at radius 2 is 2.31 bits per heavy atom. The molecular formula is C10H8BrN5. The summed E-state index contributed by atoms with van der Waals surface area (Å²) in [7, 11) is 0. The summed E-state index contributed by atoms with van der Waals surface area (Å²) in [6.07, 6.45) is 1.50. The molecule has 0 saturated carbocycles. The fourth-order valence-corrected chi connectivity index (χ4v) is 1.70. The standard InChI is InChI=1S/C10H8BrN5/c11-8-2-1-7(4-12)9(3-8)16-6-14-10(5-13)15-16/h1-3,6H,4,12H2. The van der Waals surface area contributed by atoms with Gasteiger partial charge in [0.2, 0.25) is 0 Å². The predicted molar refractivity (Wildman–Crippen MR) is 61.7 cm³/mol. The Hall–Kier alpha value is -1.71. The average Bonchev–Trinajstić information content (AvgIpc) is 2.77. The second-order valence-electron chi connectivity index (χ2n) is 3.10. The number of nitrogens with zero attached hydrogens (tertiary/aromatic N) is 4. The maximum absolute atomic E-state index is 8.66. The van der Waals surface area contributed by atoms with Crippen LogP contribution in [0.2, 0.25) is 0 Å². The van der Waals surface area contributed by atoms with Gasteiger partial charge in [-0.1, -0.05) is 22.0 Å². The van der Waals surface area contributed by atoms with Gasteiger partial charge in [-0.2, -0.15) is 5.26 Å². The lowest BCUT2D eigenvalue weighted by molar-refractivity contribution is 0.851. The smallest absolute Gasteiger partial charge is 0.252 e. The third-order valence-corrected chi connectivity index (χ3v) is 2.60. The van der Waals surface area contributed by atoms with E-state index >= 15 is 0 Å². The van der Waals surface area contributed by atoms with Gasteiger partial charge in [0, 0.05) is 11.0 Å². The zero-order valence-corrected chi connectivity index (χ0v) is 9.85. The van der Waals surface area contributed by atoms with Crippen LogP contribution in [0.25, 0.3) is 5.69 Å². The summed E-state index contributed by atoms with van der Waals surface area (Å²) >= 11 is 3.38. The van der Waals surface area contributed by atoms with E-state index < -0.39 is 0 Å². The van der Waals surface area contributed by atoms with Crippen molar-refractivity contribution >= 4 is 15.9 Å². The minimum atomic E-state index is 0.142. The van der Waals surface area contributed by atoms with Gasteiger partial charge >= 0.3 is 0 Å². The Balaban J connectivity index is 2.54. The fourth-order valence-electron chi connectivity index (χ4n) is 1.35. The molecule has 80 valence electrons. The van der Waals surface area contributed by atoms with Crippen molar-refractivity contribution in [3.8, 4) is 11.8 Å². The molecule has 1 heterocycles. The average molecular weight is 278 g/mol. The van der Waals surface area contributed by atoms with Crippen molar-refractivity contribution in [3.05, 3.63) is 40.4 Å². The first kappa shape index (κ1) is 10.8. The third kappa shape index (κ3) is 1.96. The topological polar surface area (TPSA) is 80.5 Å². The van der Waals surface area contributed by atoms with Crippen molar-refractivity contribution in [1.29, 1.82) is 5.26 Å². The van der Waals surface area contributed by atoms with Crippen LogP contribution in [0.15, 0.2) is 29.0 Å². The second-order valence-corrected chi connectivity index (χ2v) is 4.02. The Labute approximate surface area is 101 Å². The summed E-state index contributed by atoms with van der Waals surface area (Å²) in [5, 5.41) is 12.7. The first-order chi connectivity index (χ1) is 7.74. The number of nitrogens with two attached hydrogens (primary N) is 1. The van der Waals surface area contributed by atoms with Gasteiger partial charge in [-0.15, -0.1) is 5.10 Å². The van der Waals surface area contributed by atoms with Crippen molar-refractivity contribution in [2.45, 2.75) is 6.54 Å². The molecule has 0 aliphatic carbocycles. The van der Waals surface area contributed by atoms with Crippen molar-refractivity contribution < 1.29 is 0 Å². The van der Waals surface area contributed by atoms with E-state index in [-0.39, 0.29) is 5.82 Å². The normalized spacial score (nSPS) is 10.1. The molecule has 0 amide bonds. The minimum absolute atomic E-state index is 0.142. The molecule has 0 radical (unpaired) electrons. The molecule has 0 spiro atoms. The van der Waals surface area contributed by atoms with Gasteiger partial charge in [-0.3, -0.25) is 0 Å². The van der Waals surface area contributed by atoms with E-state index in [2.05, 4.69) is 26.0 Å². The van der Waals surface area contributed by atoms with Gasteiger partial charge in [0.25, 0.3) is 5.82 Å². The molecule has 2 aromatic rings. The lowest BCUT2D eigenvalue weighted by Gasteiger charge is -2.07. The lowest BCUT2D eigenvalue weighted by atomic mass is 10.2. The highest BCUT2D eigenvalue weighted by Gasteiger charge is 2.07. The number of hydrogen-bond acceptors (Lipinski definition) is 4. The number of benzene rings is 1. The highest BCUT2D eigenvalue weighted by Crippen LogP contribution is 2.19. The van der Waals surface area contributed by atoms with Crippen molar-refractivity contribution in [2.75, 3.05) is 0 Å². The van der Waals surface area contributed by atoms with E-state index in [1.54, 1.807) is 4.68 Å². The first-order valence-electron chi connectivity index (χ1n) is 4.55. The molecule has 0 fully saturated rings. The van der Waals surface area contributed by atoms with Crippen LogP contribution in [0.4, 0.5) is 0 Å². The zero-order valence-electron chi connectivity index (χ0n) is 8.26. The first-order valence-corrected chi connectivity index (χ1v) is 5.34. The van der Waals surface area contributed by atoms with Crippen molar-refractivity contribution in [2.24, 2.45) is 5.73 Å². The van der Waals surface area contributed by atoms with Crippen LogP contribution in [0.3, 0.4) is 0 Å². The van der Waals surface area contributed by atoms with E-state index in [1.807, 2.05) is 24.3 Å². The van der Waals surface area contributed by atoms with Crippen LogP contribution in [-0.4, -0.2) is 14.8 Å². The molecule has 1 aromatic heterocycles. The maximum Gasteiger partial charge on any atom is 0.252 e. The number of aromatic nitrogens is 3. The van der Waals surface area contributed by atoms with E-state index in [9.17, 15) is 0 Å². The molecule has 16 heavy (non-hydrogen) atoms. The summed E-state index contributed by atoms with van der Waals surface area (Å²) in [5.41, 5.74) is 7.40. The number of halogens is 1. The molecule has 5 nitrogen and oxygen atoms in total. The largest absolute Gasteiger partial charge is 0.326 e. The SMILES string of the molecule is N#Cc1ncn(-c2cc(Br)ccc2CN)n1. The molecule has 0 aliphatic rings. The van der Waals surface area contributed by atoms with E-state index in [0.717, 1.165) is 15.7 Å². The maximum atomic E-state index is 8.66. The zero-order chi connectivity index (χ0) is 11.5. The van der Waals surface area contributed by atoms with E-state index in [4.69, 9.17) is 11.0 Å². The summed E-state index contributed by atoms with van der Waals surface area (Å²) < 4.78 is 2.47. The molecule has 0 aliphatic heterocycles. The van der Waals surface area contributed by atoms with Crippen LogP contribution in [0.5, 0.6) is 0 Å². The van der Waals surface area contributed by atoms with Crippen LogP contribution >= 0.6 is 15.9 Å². The summed E-state index contributed by atoms with van der Waals surface area (Å²) in [6.45, 7) is 0.407. The molecule has 0 atom stereocenters. The molecule has 2 N–H and O–H groups in total. The van der Waals surface area contributed by atoms with Gasteiger partial charge in [0.05, 0.1) is 5.69 Å². The third-order valence-electron chi connectivity index (χ3n) is 2.11. The Kier molecular flexibility index (Phi) is 2.99. The monoisotopic (exact) mass is 277 g/mol. The Morgan fingerprint density at radius 3 is 2.94 bits per heavy atom. The Morgan fingerprint density at radius 1 is 1.50 bits per heavy atom. The van der Waals surface area contributed by atoms with Crippen LogP contribution in [0.1, 0.15) is 11.4 Å². The van der Waals surface area contributed by atoms with Gasteiger partial charge in [-0.05, 0) is 17.7 Å². The molecule has 0 unspecified atom stereocenters. The molecular weight excluding hydrogens is 270 g/mol. The molecule has 0 saturated heterocycles. The molecule has 2 rings (SSSR count). The van der Waals surface area contributed by atoms with E-state index in [1.165, 1.54) is 6.33 Å². The van der Waals surface area contributed by atoms with Gasteiger partial charge in [-0.25, -0.2) is 9.67 Å². The summed E-state index contributed by atoms with van der Waals surface area (Å²) in [4.78, 5) is 3.85. The second kappa shape index (κ2) is 4.43. The van der Waals surface area contributed by atoms with Crippen LogP contribution in [0, 0.1) is 11.3 Å². The van der Waals surface area contributed by atoms with E-state index in [0.29, 0.717) is 6.54 Å². The highest BCUT2D eigenvalue weighted by atomic mass is 79.9. The number of hydrogen-bond donors (Lipinski definition) is 1. The fraction of sp³-hybridized carbons (Fsp3) is 0.100. The van der Waals surface area contributed by atoms with Gasteiger partial charge < -0.3 is 5.73 Å². The van der Waals surface area contributed by atoms with Gasteiger partial charge in [0.1, 0.15) is 12.4 Å².